The normalized spacial score (nSPS) is 11.7. The zero-order valence-electron chi connectivity index (χ0n) is 16.4. The van der Waals surface area contributed by atoms with Gasteiger partial charge in [-0.2, -0.15) is 0 Å². The second-order valence-corrected chi connectivity index (χ2v) is 7.97. The third kappa shape index (κ3) is 7.15. The quantitative estimate of drug-likeness (QED) is 0.619. The van der Waals surface area contributed by atoms with Gasteiger partial charge in [-0.1, -0.05) is 19.9 Å². The highest BCUT2D eigenvalue weighted by molar-refractivity contribution is 7.12. The Morgan fingerprint density at radius 2 is 1.75 bits per heavy atom. The second kappa shape index (κ2) is 10.6. The van der Waals surface area contributed by atoms with Crippen molar-refractivity contribution in [2.75, 3.05) is 11.9 Å². The molecule has 1 aromatic carbocycles. The summed E-state index contributed by atoms with van der Waals surface area (Å²) < 4.78 is 5.06. The van der Waals surface area contributed by atoms with Crippen LogP contribution < -0.4 is 10.6 Å². The lowest BCUT2D eigenvalue weighted by atomic mass is 10.0. The van der Waals surface area contributed by atoms with Crippen LogP contribution in [0.25, 0.3) is 0 Å². The van der Waals surface area contributed by atoms with E-state index in [2.05, 4.69) is 24.5 Å². The third-order valence-corrected chi connectivity index (χ3v) is 4.91. The average Bonchev–Trinajstić information content (AvgIpc) is 3.20. The van der Waals surface area contributed by atoms with E-state index in [-0.39, 0.29) is 24.5 Å². The molecule has 1 unspecified atom stereocenters. The molecule has 28 heavy (non-hydrogen) atoms. The highest BCUT2D eigenvalue weighted by Gasteiger charge is 2.13. The van der Waals surface area contributed by atoms with Gasteiger partial charge in [0.15, 0.2) is 6.61 Å². The number of carbonyl (C=O) groups excluding carboxylic acids is 3. The van der Waals surface area contributed by atoms with Crippen molar-refractivity contribution in [3.05, 3.63) is 52.2 Å². The van der Waals surface area contributed by atoms with Crippen LogP contribution >= 0.6 is 11.3 Å². The van der Waals surface area contributed by atoms with E-state index < -0.39 is 5.97 Å². The SMILES string of the molecule is CC(C)CCC(C)NC(=O)COC(=O)c1ccc(NC(=O)c2cccs2)cc1. The van der Waals surface area contributed by atoms with Crippen molar-refractivity contribution in [2.45, 2.75) is 39.7 Å². The lowest BCUT2D eigenvalue weighted by Crippen LogP contribution is -2.36. The second-order valence-electron chi connectivity index (χ2n) is 7.02. The van der Waals surface area contributed by atoms with Gasteiger partial charge < -0.3 is 15.4 Å². The molecule has 2 amide bonds. The van der Waals surface area contributed by atoms with Crippen molar-refractivity contribution in [2.24, 2.45) is 5.92 Å². The Bertz CT molecular complexity index is 785. The Morgan fingerprint density at radius 3 is 2.36 bits per heavy atom. The Morgan fingerprint density at radius 1 is 1.04 bits per heavy atom. The van der Waals surface area contributed by atoms with E-state index in [1.807, 2.05) is 12.3 Å². The van der Waals surface area contributed by atoms with Crippen LogP contribution in [-0.4, -0.2) is 30.4 Å². The molecule has 7 heteroatoms. The summed E-state index contributed by atoms with van der Waals surface area (Å²) in [4.78, 5) is 36.6. The van der Waals surface area contributed by atoms with Crippen LogP contribution in [0.1, 0.15) is 53.6 Å². The predicted molar refractivity (Wildman–Crippen MR) is 111 cm³/mol. The summed E-state index contributed by atoms with van der Waals surface area (Å²) in [6.07, 6.45) is 1.91. The molecule has 0 spiro atoms. The van der Waals surface area contributed by atoms with Gasteiger partial charge in [-0.25, -0.2) is 4.79 Å². The summed E-state index contributed by atoms with van der Waals surface area (Å²) in [5.41, 5.74) is 0.890. The fraction of sp³-hybridized carbons (Fsp3) is 0.381. The van der Waals surface area contributed by atoms with Gasteiger partial charge in [0.05, 0.1) is 10.4 Å². The van der Waals surface area contributed by atoms with Gasteiger partial charge in [-0.05, 0) is 61.4 Å². The number of anilines is 1. The van der Waals surface area contributed by atoms with Crippen LogP contribution in [0.15, 0.2) is 41.8 Å². The molecule has 6 nitrogen and oxygen atoms in total. The zero-order valence-corrected chi connectivity index (χ0v) is 17.2. The van der Waals surface area contributed by atoms with Crippen molar-refractivity contribution in [1.29, 1.82) is 0 Å². The molecule has 1 atom stereocenters. The number of amides is 2. The van der Waals surface area contributed by atoms with Gasteiger partial charge in [0, 0.05) is 11.7 Å². The largest absolute Gasteiger partial charge is 0.452 e. The lowest BCUT2D eigenvalue weighted by molar-refractivity contribution is -0.124. The van der Waals surface area contributed by atoms with Gasteiger partial charge in [0.2, 0.25) is 0 Å². The molecule has 1 aromatic heterocycles. The number of hydrogen-bond acceptors (Lipinski definition) is 5. The van der Waals surface area contributed by atoms with E-state index in [0.717, 1.165) is 12.8 Å². The molecular weight excluding hydrogens is 376 g/mol. The summed E-state index contributed by atoms with van der Waals surface area (Å²) >= 11 is 1.35. The van der Waals surface area contributed by atoms with Gasteiger partial charge in [0.25, 0.3) is 11.8 Å². The van der Waals surface area contributed by atoms with Gasteiger partial charge in [0.1, 0.15) is 0 Å². The Labute approximate surface area is 169 Å². The molecule has 2 N–H and O–H groups in total. The number of benzene rings is 1. The number of nitrogens with one attached hydrogen (secondary N) is 2. The first-order chi connectivity index (χ1) is 13.3. The monoisotopic (exact) mass is 402 g/mol. The topological polar surface area (TPSA) is 84.5 Å². The van der Waals surface area contributed by atoms with Gasteiger partial charge in [-0.15, -0.1) is 11.3 Å². The summed E-state index contributed by atoms with van der Waals surface area (Å²) in [5.74, 6) is -0.519. The van der Waals surface area contributed by atoms with E-state index in [1.165, 1.54) is 11.3 Å². The summed E-state index contributed by atoms with van der Waals surface area (Å²) in [6.45, 7) is 5.89. The summed E-state index contributed by atoms with van der Waals surface area (Å²) in [5, 5.41) is 7.41. The number of carbonyl (C=O) groups is 3. The lowest BCUT2D eigenvalue weighted by Gasteiger charge is -2.15. The average molecular weight is 403 g/mol. The first-order valence-electron chi connectivity index (χ1n) is 9.26. The highest BCUT2D eigenvalue weighted by atomic mass is 32.1. The van der Waals surface area contributed by atoms with Crippen molar-refractivity contribution in [3.8, 4) is 0 Å². The van der Waals surface area contributed by atoms with E-state index >= 15 is 0 Å². The Kier molecular flexibility index (Phi) is 8.19. The van der Waals surface area contributed by atoms with E-state index in [0.29, 0.717) is 22.0 Å². The van der Waals surface area contributed by atoms with Crippen LogP contribution in [0.5, 0.6) is 0 Å². The highest BCUT2D eigenvalue weighted by Crippen LogP contribution is 2.15. The molecule has 2 aromatic rings. The van der Waals surface area contributed by atoms with Crippen LogP contribution in [-0.2, 0) is 9.53 Å². The Balaban J connectivity index is 1.78. The van der Waals surface area contributed by atoms with E-state index in [4.69, 9.17) is 4.74 Å². The van der Waals surface area contributed by atoms with Crippen LogP contribution in [0.3, 0.4) is 0 Å². The molecule has 1 heterocycles. The maximum atomic E-state index is 12.1. The first kappa shape index (κ1) is 21.6. The fourth-order valence-electron chi connectivity index (χ4n) is 2.48. The molecule has 0 saturated carbocycles. The minimum absolute atomic E-state index is 0.0415. The van der Waals surface area contributed by atoms with Crippen LogP contribution in [0.4, 0.5) is 5.69 Å². The van der Waals surface area contributed by atoms with Gasteiger partial charge in [-0.3, -0.25) is 9.59 Å². The van der Waals surface area contributed by atoms with Crippen molar-refractivity contribution >= 4 is 34.8 Å². The summed E-state index contributed by atoms with van der Waals surface area (Å²) in [7, 11) is 0. The first-order valence-corrected chi connectivity index (χ1v) is 10.1. The zero-order chi connectivity index (χ0) is 20.5. The van der Waals surface area contributed by atoms with Crippen molar-refractivity contribution in [1.82, 2.24) is 5.32 Å². The molecule has 0 fully saturated rings. The molecule has 0 aliphatic rings. The minimum Gasteiger partial charge on any atom is -0.452 e. The Hall–Kier alpha value is -2.67. The van der Waals surface area contributed by atoms with Crippen molar-refractivity contribution in [3.63, 3.8) is 0 Å². The van der Waals surface area contributed by atoms with Crippen LogP contribution in [0, 0.1) is 5.92 Å². The predicted octanol–water partition coefficient (Wildman–Crippen LogP) is 4.10. The fourth-order valence-corrected chi connectivity index (χ4v) is 3.10. The molecule has 0 aliphatic carbocycles. The number of esters is 1. The maximum absolute atomic E-state index is 12.1. The molecule has 150 valence electrons. The van der Waals surface area contributed by atoms with E-state index in [9.17, 15) is 14.4 Å². The minimum atomic E-state index is -0.582. The molecular formula is C21H26N2O4S. The molecule has 0 aliphatic heterocycles. The van der Waals surface area contributed by atoms with Crippen molar-refractivity contribution < 1.29 is 19.1 Å². The molecule has 2 rings (SSSR count). The standard InChI is InChI=1S/C21H26N2O4S/c1-14(2)6-7-15(3)22-19(24)13-27-21(26)16-8-10-17(11-9-16)23-20(25)18-5-4-12-28-18/h4-5,8-12,14-15H,6-7,13H2,1-3H3,(H,22,24)(H,23,25). The molecule has 0 saturated heterocycles. The maximum Gasteiger partial charge on any atom is 0.338 e. The third-order valence-electron chi connectivity index (χ3n) is 4.04. The number of hydrogen-bond donors (Lipinski definition) is 2. The van der Waals surface area contributed by atoms with E-state index in [1.54, 1.807) is 36.4 Å². The smallest absolute Gasteiger partial charge is 0.338 e. The van der Waals surface area contributed by atoms with Gasteiger partial charge >= 0.3 is 5.97 Å². The summed E-state index contributed by atoms with van der Waals surface area (Å²) in [6, 6.07) is 9.93. The number of rotatable bonds is 9. The number of ether oxygens (including phenoxy) is 1. The molecule has 0 radical (unpaired) electrons. The molecule has 0 bridgehead atoms. The van der Waals surface area contributed by atoms with Crippen LogP contribution in [0.2, 0.25) is 0 Å². The number of thiophene rings is 1.